The van der Waals surface area contributed by atoms with Crippen molar-refractivity contribution in [3.8, 4) is 0 Å². The number of Topliss-reactive ketones (excluding diaryl/α,β-unsaturated/α-hetero) is 1. The van der Waals surface area contributed by atoms with Crippen molar-refractivity contribution < 1.29 is 32.7 Å². The van der Waals surface area contributed by atoms with E-state index in [9.17, 15) is 14.2 Å². The predicted octanol–water partition coefficient (Wildman–Crippen LogP) is 2.67. The van der Waals surface area contributed by atoms with Gasteiger partial charge in [-0.2, -0.15) is 0 Å². The van der Waals surface area contributed by atoms with Gasteiger partial charge < -0.3 is 18.5 Å². The SMILES string of the molecule is CCOC(=O)[C@]12CCCC[C@]13OC(P(=O)(OC)OC)C(=O)[C@@H]3CC2. The minimum absolute atomic E-state index is 0.268. The van der Waals surface area contributed by atoms with Crippen LogP contribution in [0.1, 0.15) is 45.4 Å². The molecule has 1 unspecified atom stereocenters. The molecule has 8 heteroatoms. The van der Waals surface area contributed by atoms with Crippen LogP contribution in [-0.4, -0.2) is 44.0 Å². The van der Waals surface area contributed by atoms with Crippen molar-refractivity contribution in [3.05, 3.63) is 0 Å². The summed E-state index contributed by atoms with van der Waals surface area (Å²) in [6, 6.07) is 0. The zero-order valence-corrected chi connectivity index (χ0v) is 15.3. The smallest absolute Gasteiger partial charge is 0.366 e. The third-order valence-electron chi connectivity index (χ3n) is 6.01. The first-order valence-corrected chi connectivity index (χ1v) is 10.1. The second kappa shape index (κ2) is 6.20. The van der Waals surface area contributed by atoms with Gasteiger partial charge in [0, 0.05) is 14.2 Å². The molecule has 24 heavy (non-hydrogen) atoms. The van der Waals surface area contributed by atoms with E-state index in [1.807, 2.05) is 0 Å². The summed E-state index contributed by atoms with van der Waals surface area (Å²) in [6.45, 7) is 2.05. The molecular formula is C16H25O7P. The van der Waals surface area contributed by atoms with Gasteiger partial charge in [0.05, 0.1) is 23.5 Å². The third kappa shape index (κ3) is 2.18. The van der Waals surface area contributed by atoms with E-state index in [0.717, 1.165) is 12.8 Å². The topological polar surface area (TPSA) is 88.1 Å². The molecule has 2 aliphatic carbocycles. The van der Waals surface area contributed by atoms with Gasteiger partial charge in [-0.1, -0.05) is 12.8 Å². The summed E-state index contributed by atoms with van der Waals surface area (Å²) in [4.78, 5) is 25.7. The van der Waals surface area contributed by atoms with Crippen molar-refractivity contribution in [2.24, 2.45) is 11.3 Å². The van der Waals surface area contributed by atoms with Crippen molar-refractivity contribution in [2.45, 2.75) is 56.9 Å². The van der Waals surface area contributed by atoms with E-state index in [-0.39, 0.29) is 18.4 Å². The zero-order chi connectivity index (χ0) is 17.6. The van der Waals surface area contributed by atoms with Gasteiger partial charge in [0.2, 0.25) is 5.85 Å². The highest BCUT2D eigenvalue weighted by molar-refractivity contribution is 7.55. The highest BCUT2D eigenvalue weighted by atomic mass is 31.2. The van der Waals surface area contributed by atoms with Gasteiger partial charge >= 0.3 is 13.6 Å². The summed E-state index contributed by atoms with van der Waals surface area (Å²) < 4.78 is 34.2. The molecular weight excluding hydrogens is 335 g/mol. The number of hydrogen-bond donors (Lipinski definition) is 0. The molecule has 3 rings (SSSR count). The normalized spacial score (nSPS) is 38.7. The van der Waals surface area contributed by atoms with Crippen molar-refractivity contribution >= 4 is 19.3 Å². The lowest BCUT2D eigenvalue weighted by molar-refractivity contribution is -0.186. The van der Waals surface area contributed by atoms with Crippen LogP contribution in [0, 0.1) is 11.3 Å². The molecule has 0 amide bonds. The average Bonchev–Trinajstić information content (AvgIpc) is 3.08. The van der Waals surface area contributed by atoms with Gasteiger partial charge in [-0.05, 0) is 32.6 Å². The molecule has 1 aliphatic heterocycles. The highest BCUT2D eigenvalue weighted by Gasteiger charge is 2.74. The van der Waals surface area contributed by atoms with Crippen LogP contribution >= 0.6 is 7.60 Å². The Morgan fingerprint density at radius 3 is 2.54 bits per heavy atom. The van der Waals surface area contributed by atoms with Crippen LogP contribution < -0.4 is 0 Å². The number of carbonyl (C=O) groups excluding carboxylic acids is 2. The third-order valence-corrected chi connectivity index (χ3v) is 7.96. The molecule has 136 valence electrons. The minimum atomic E-state index is -3.71. The average molecular weight is 360 g/mol. The fourth-order valence-corrected chi connectivity index (χ4v) is 6.26. The van der Waals surface area contributed by atoms with E-state index in [1.165, 1.54) is 14.2 Å². The van der Waals surface area contributed by atoms with Crippen LogP contribution in [0.5, 0.6) is 0 Å². The maximum absolute atomic E-state index is 12.9. The number of ketones is 1. The van der Waals surface area contributed by atoms with E-state index in [4.69, 9.17) is 18.5 Å². The van der Waals surface area contributed by atoms with Crippen LogP contribution in [0.15, 0.2) is 0 Å². The second-order valence-corrected chi connectivity index (χ2v) is 9.05. The molecule has 3 fully saturated rings. The minimum Gasteiger partial charge on any atom is -0.465 e. The Morgan fingerprint density at radius 2 is 1.92 bits per heavy atom. The van der Waals surface area contributed by atoms with Gasteiger partial charge in [-0.15, -0.1) is 0 Å². The molecule has 0 N–H and O–H groups in total. The van der Waals surface area contributed by atoms with Crippen molar-refractivity contribution in [3.63, 3.8) is 0 Å². The molecule has 3 aliphatic rings. The summed E-state index contributed by atoms with van der Waals surface area (Å²) >= 11 is 0. The lowest BCUT2D eigenvalue weighted by Gasteiger charge is -2.46. The number of hydrogen-bond acceptors (Lipinski definition) is 7. The van der Waals surface area contributed by atoms with E-state index in [2.05, 4.69) is 0 Å². The van der Waals surface area contributed by atoms with E-state index < -0.39 is 30.4 Å². The predicted molar refractivity (Wildman–Crippen MR) is 84.5 cm³/mol. The number of rotatable bonds is 5. The van der Waals surface area contributed by atoms with Gasteiger partial charge in [0.15, 0.2) is 5.78 Å². The van der Waals surface area contributed by atoms with Crippen LogP contribution in [0.4, 0.5) is 0 Å². The number of ether oxygens (including phenoxy) is 2. The van der Waals surface area contributed by atoms with Crippen LogP contribution in [-0.2, 0) is 32.7 Å². The molecule has 0 aromatic heterocycles. The quantitative estimate of drug-likeness (QED) is 0.550. The van der Waals surface area contributed by atoms with Crippen molar-refractivity contribution in [2.75, 3.05) is 20.8 Å². The Labute approximate surface area is 141 Å². The number of carbonyl (C=O) groups is 2. The van der Waals surface area contributed by atoms with E-state index >= 15 is 0 Å². The van der Waals surface area contributed by atoms with E-state index in [0.29, 0.717) is 25.7 Å². The van der Waals surface area contributed by atoms with Crippen LogP contribution in [0.25, 0.3) is 0 Å². The van der Waals surface area contributed by atoms with Gasteiger partial charge in [0.25, 0.3) is 0 Å². The molecule has 0 bridgehead atoms. The van der Waals surface area contributed by atoms with Gasteiger partial charge in [-0.3, -0.25) is 14.2 Å². The Balaban J connectivity index is 2.03. The van der Waals surface area contributed by atoms with Crippen molar-refractivity contribution in [1.29, 1.82) is 0 Å². The monoisotopic (exact) mass is 360 g/mol. The van der Waals surface area contributed by atoms with Gasteiger partial charge in [0.1, 0.15) is 0 Å². The zero-order valence-electron chi connectivity index (χ0n) is 14.4. The van der Waals surface area contributed by atoms with Crippen LogP contribution in [0.2, 0.25) is 0 Å². The Hall–Kier alpha value is -0.750. The summed E-state index contributed by atoms with van der Waals surface area (Å²) in [6.07, 6.45) is 4.09. The largest absolute Gasteiger partial charge is 0.465 e. The molecule has 0 radical (unpaired) electrons. The maximum Gasteiger partial charge on any atom is 0.366 e. The fourth-order valence-electron chi connectivity index (χ4n) is 4.92. The second-order valence-electron chi connectivity index (χ2n) is 6.77. The molecule has 4 atom stereocenters. The summed E-state index contributed by atoms with van der Waals surface area (Å²) in [5.41, 5.74) is -1.77. The molecule has 1 spiro atoms. The van der Waals surface area contributed by atoms with Crippen LogP contribution in [0.3, 0.4) is 0 Å². The highest BCUT2D eigenvalue weighted by Crippen LogP contribution is 2.68. The lowest BCUT2D eigenvalue weighted by Crippen LogP contribution is -2.55. The standard InChI is InChI=1S/C16H25O7P/c1-4-22-14(18)15-8-5-6-9-16(15)11(7-10-15)12(17)13(23-16)24(19,20-2)21-3/h11,13H,4-10H2,1-3H3/t11-,13?,15+,16+/m0/s1. The first kappa shape index (κ1) is 18.1. The summed E-state index contributed by atoms with van der Waals surface area (Å²) in [5, 5.41) is 0. The van der Waals surface area contributed by atoms with Crippen molar-refractivity contribution in [1.82, 2.24) is 0 Å². The molecule has 0 aromatic rings. The lowest BCUT2D eigenvalue weighted by atomic mass is 9.63. The Kier molecular flexibility index (Phi) is 4.67. The first-order valence-electron chi connectivity index (χ1n) is 8.51. The first-order chi connectivity index (χ1) is 11.4. The fraction of sp³-hybridized carbons (Fsp3) is 0.875. The maximum atomic E-state index is 12.9. The van der Waals surface area contributed by atoms with E-state index in [1.54, 1.807) is 6.92 Å². The number of esters is 1. The molecule has 0 aromatic carbocycles. The van der Waals surface area contributed by atoms with Gasteiger partial charge in [-0.25, -0.2) is 0 Å². The Morgan fingerprint density at radius 1 is 1.25 bits per heavy atom. The Bertz CT molecular complexity index is 583. The molecule has 2 saturated carbocycles. The molecule has 7 nitrogen and oxygen atoms in total. The molecule has 1 heterocycles. The molecule has 1 saturated heterocycles. The summed E-state index contributed by atoms with van der Waals surface area (Å²) in [5.74, 6) is -2.28. The summed E-state index contributed by atoms with van der Waals surface area (Å²) in [7, 11) is -1.22.